The number of benzene rings is 1. The molecular formula is C24H34N6O. The number of rotatable bonds is 7. The first-order valence-corrected chi connectivity index (χ1v) is 11.4. The van der Waals surface area contributed by atoms with Crippen molar-refractivity contribution in [3.63, 3.8) is 0 Å². The number of amides is 1. The molecule has 2 aliphatic heterocycles. The minimum absolute atomic E-state index is 0.155. The van der Waals surface area contributed by atoms with E-state index in [2.05, 4.69) is 41.5 Å². The molecule has 31 heavy (non-hydrogen) atoms. The quantitative estimate of drug-likeness (QED) is 0.715. The summed E-state index contributed by atoms with van der Waals surface area (Å²) in [7, 11) is 1.92. The Labute approximate surface area is 185 Å². The lowest BCUT2D eigenvalue weighted by molar-refractivity contribution is -0.135. The Hall–Kier alpha value is -2.51. The molecule has 7 heteroatoms. The van der Waals surface area contributed by atoms with Gasteiger partial charge in [-0.3, -0.25) is 9.69 Å². The summed E-state index contributed by atoms with van der Waals surface area (Å²) in [6, 6.07) is 10.6. The van der Waals surface area contributed by atoms with Crippen molar-refractivity contribution in [3.05, 3.63) is 53.0 Å². The van der Waals surface area contributed by atoms with Gasteiger partial charge in [-0.2, -0.15) is 0 Å². The first-order chi connectivity index (χ1) is 15.0. The third kappa shape index (κ3) is 5.05. The average Bonchev–Trinajstić information content (AvgIpc) is 3.32. The molecule has 0 unspecified atom stereocenters. The van der Waals surface area contributed by atoms with E-state index < -0.39 is 0 Å². The minimum atomic E-state index is 0.155. The van der Waals surface area contributed by atoms with Gasteiger partial charge in [-0.1, -0.05) is 30.3 Å². The highest BCUT2D eigenvalue weighted by molar-refractivity contribution is 5.78. The lowest BCUT2D eigenvalue weighted by Gasteiger charge is -2.33. The van der Waals surface area contributed by atoms with E-state index >= 15 is 0 Å². The summed E-state index contributed by atoms with van der Waals surface area (Å²) in [5, 5.41) is 6.76. The zero-order chi connectivity index (χ0) is 21.8. The Bertz CT molecular complexity index is 877. The second-order valence-electron chi connectivity index (χ2n) is 8.82. The van der Waals surface area contributed by atoms with E-state index in [4.69, 9.17) is 9.97 Å². The predicted molar refractivity (Wildman–Crippen MR) is 123 cm³/mol. The van der Waals surface area contributed by atoms with Gasteiger partial charge in [0.1, 0.15) is 11.6 Å². The van der Waals surface area contributed by atoms with Crippen molar-refractivity contribution in [2.24, 2.45) is 0 Å². The number of anilines is 1. The van der Waals surface area contributed by atoms with Crippen molar-refractivity contribution in [2.75, 3.05) is 32.0 Å². The average molecular weight is 423 g/mol. The number of carbonyl (C=O) groups is 1. The molecule has 0 bridgehead atoms. The van der Waals surface area contributed by atoms with Gasteiger partial charge in [0.15, 0.2) is 0 Å². The summed E-state index contributed by atoms with van der Waals surface area (Å²) in [5.74, 6) is 1.97. The second-order valence-corrected chi connectivity index (χ2v) is 8.82. The highest BCUT2D eigenvalue weighted by Gasteiger charge is 2.28. The summed E-state index contributed by atoms with van der Waals surface area (Å²) in [5.41, 5.74) is 3.41. The first kappa shape index (κ1) is 21.7. The highest BCUT2D eigenvalue weighted by atomic mass is 16.2. The van der Waals surface area contributed by atoms with E-state index in [0.29, 0.717) is 19.6 Å². The van der Waals surface area contributed by atoms with Crippen LogP contribution >= 0.6 is 0 Å². The number of nitrogens with zero attached hydrogens (tertiary/aromatic N) is 4. The van der Waals surface area contributed by atoms with Crippen LogP contribution in [0, 0.1) is 0 Å². The summed E-state index contributed by atoms with van der Waals surface area (Å²) >= 11 is 0. The molecule has 1 aromatic carbocycles. The Morgan fingerprint density at radius 2 is 2.10 bits per heavy atom. The lowest BCUT2D eigenvalue weighted by atomic mass is 10.0. The molecule has 0 radical (unpaired) electrons. The number of carbonyl (C=O) groups excluding carboxylic acids is 1. The van der Waals surface area contributed by atoms with Gasteiger partial charge in [0.2, 0.25) is 5.91 Å². The smallest absolute Gasteiger partial charge is 0.237 e. The van der Waals surface area contributed by atoms with E-state index in [1.807, 2.05) is 30.1 Å². The fourth-order valence-corrected chi connectivity index (χ4v) is 4.51. The van der Waals surface area contributed by atoms with E-state index in [0.717, 1.165) is 54.4 Å². The van der Waals surface area contributed by atoms with Crippen LogP contribution in [0.2, 0.25) is 0 Å². The summed E-state index contributed by atoms with van der Waals surface area (Å²) in [6.45, 7) is 7.80. The van der Waals surface area contributed by atoms with Gasteiger partial charge in [-0.05, 0) is 38.8 Å². The second kappa shape index (κ2) is 9.75. The number of aromatic nitrogens is 2. The lowest BCUT2D eigenvalue weighted by Crippen LogP contribution is -2.45. The molecule has 1 saturated heterocycles. The maximum atomic E-state index is 13.2. The Morgan fingerprint density at radius 1 is 1.29 bits per heavy atom. The molecule has 0 spiro atoms. The van der Waals surface area contributed by atoms with Gasteiger partial charge in [0.25, 0.3) is 0 Å². The maximum absolute atomic E-state index is 13.2. The molecule has 1 aromatic heterocycles. The van der Waals surface area contributed by atoms with Gasteiger partial charge >= 0.3 is 0 Å². The number of fused-ring (bicyclic) bond motifs is 1. The summed E-state index contributed by atoms with van der Waals surface area (Å²) in [6.07, 6.45) is 3.11. The summed E-state index contributed by atoms with van der Waals surface area (Å²) < 4.78 is 0. The van der Waals surface area contributed by atoms with Crippen LogP contribution in [0.4, 0.5) is 5.82 Å². The fourth-order valence-electron chi connectivity index (χ4n) is 4.51. The van der Waals surface area contributed by atoms with Crippen molar-refractivity contribution in [2.45, 2.75) is 58.3 Å². The normalized spacial score (nSPS) is 18.8. The SMILES string of the molecule is CNc1nc([C@@H]2CCCN2)nc2c1CN(CC(=O)N(Cc1ccccc1)C(C)C)CC2. The van der Waals surface area contributed by atoms with Gasteiger partial charge in [-0.15, -0.1) is 0 Å². The van der Waals surface area contributed by atoms with E-state index in [1.165, 1.54) is 6.42 Å². The Balaban J connectivity index is 1.46. The molecule has 1 fully saturated rings. The number of nitrogens with one attached hydrogen (secondary N) is 2. The van der Waals surface area contributed by atoms with Crippen LogP contribution in [-0.2, 0) is 24.3 Å². The van der Waals surface area contributed by atoms with E-state index in [9.17, 15) is 4.79 Å². The van der Waals surface area contributed by atoms with Crippen LogP contribution in [0.15, 0.2) is 30.3 Å². The van der Waals surface area contributed by atoms with Crippen molar-refractivity contribution in [3.8, 4) is 0 Å². The molecule has 0 saturated carbocycles. The predicted octanol–water partition coefficient (Wildman–Crippen LogP) is 2.74. The van der Waals surface area contributed by atoms with Crippen molar-refractivity contribution >= 4 is 11.7 Å². The molecule has 0 aliphatic carbocycles. The third-order valence-corrected chi connectivity index (χ3v) is 6.26. The molecular weight excluding hydrogens is 388 g/mol. The van der Waals surface area contributed by atoms with Crippen molar-refractivity contribution in [1.29, 1.82) is 0 Å². The molecule has 1 atom stereocenters. The molecule has 3 heterocycles. The highest BCUT2D eigenvalue weighted by Crippen LogP contribution is 2.28. The Kier molecular flexibility index (Phi) is 6.83. The standard InChI is InChI=1S/C24H34N6O/c1-17(2)30(14-18-8-5-4-6-9-18)22(31)16-29-13-11-20-19(15-29)23(25-3)28-24(27-20)21-10-7-12-26-21/h4-6,8-9,17,21,26H,7,10-16H2,1-3H3,(H,25,27,28)/t21-/m0/s1. The maximum Gasteiger partial charge on any atom is 0.237 e. The van der Waals surface area contributed by atoms with Crippen LogP contribution in [0.1, 0.15) is 55.4 Å². The van der Waals surface area contributed by atoms with Crippen LogP contribution in [0.5, 0.6) is 0 Å². The van der Waals surface area contributed by atoms with Crippen LogP contribution < -0.4 is 10.6 Å². The van der Waals surface area contributed by atoms with Crippen LogP contribution in [-0.4, -0.2) is 58.4 Å². The third-order valence-electron chi connectivity index (χ3n) is 6.26. The molecule has 2 N–H and O–H groups in total. The van der Waals surface area contributed by atoms with E-state index in [1.54, 1.807) is 0 Å². The molecule has 1 amide bonds. The number of hydrogen-bond donors (Lipinski definition) is 2. The molecule has 166 valence electrons. The zero-order valence-corrected chi connectivity index (χ0v) is 18.9. The monoisotopic (exact) mass is 422 g/mol. The van der Waals surface area contributed by atoms with Crippen LogP contribution in [0.3, 0.4) is 0 Å². The van der Waals surface area contributed by atoms with Gasteiger partial charge < -0.3 is 15.5 Å². The van der Waals surface area contributed by atoms with Gasteiger partial charge in [-0.25, -0.2) is 9.97 Å². The minimum Gasteiger partial charge on any atom is -0.373 e. The van der Waals surface area contributed by atoms with Crippen LogP contribution in [0.25, 0.3) is 0 Å². The zero-order valence-electron chi connectivity index (χ0n) is 18.9. The molecule has 2 aromatic rings. The fraction of sp³-hybridized carbons (Fsp3) is 0.542. The largest absolute Gasteiger partial charge is 0.373 e. The topological polar surface area (TPSA) is 73.4 Å². The van der Waals surface area contributed by atoms with Crippen molar-refractivity contribution < 1.29 is 4.79 Å². The van der Waals surface area contributed by atoms with E-state index in [-0.39, 0.29) is 18.0 Å². The molecule has 2 aliphatic rings. The van der Waals surface area contributed by atoms with Crippen molar-refractivity contribution in [1.82, 2.24) is 25.1 Å². The Morgan fingerprint density at radius 3 is 2.77 bits per heavy atom. The molecule has 4 rings (SSSR count). The first-order valence-electron chi connectivity index (χ1n) is 11.4. The number of hydrogen-bond acceptors (Lipinski definition) is 6. The molecule has 7 nitrogen and oxygen atoms in total. The van der Waals surface area contributed by atoms with Gasteiger partial charge in [0.05, 0.1) is 18.3 Å². The van der Waals surface area contributed by atoms with Gasteiger partial charge in [0, 0.05) is 44.7 Å². The summed E-state index contributed by atoms with van der Waals surface area (Å²) in [4.78, 5) is 27.1.